The number of methoxy groups -OCH3 is 2. The maximum absolute atomic E-state index is 12.6. The number of thiophene rings is 1. The molecule has 0 aliphatic carbocycles. The lowest BCUT2D eigenvalue weighted by Gasteiger charge is -2.18. The maximum atomic E-state index is 12.6. The van der Waals surface area contributed by atoms with Gasteiger partial charge in [-0.05, 0) is 48.4 Å². The van der Waals surface area contributed by atoms with E-state index in [0.717, 1.165) is 24.8 Å². The second-order valence-corrected chi connectivity index (χ2v) is 7.29. The summed E-state index contributed by atoms with van der Waals surface area (Å²) in [5, 5.41) is 2.09. The van der Waals surface area contributed by atoms with E-state index in [0.29, 0.717) is 30.2 Å². The van der Waals surface area contributed by atoms with Crippen molar-refractivity contribution in [1.82, 2.24) is 4.90 Å². The van der Waals surface area contributed by atoms with Gasteiger partial charge >= 0.3 is 0 Å². The molecule has 134 valence electrons. The van der Waals surface area contributed by atoms with Crippen molar-refractivity contribution in [3.05, 3.63) is 45.6 Å². The maximum Gasteiger partial charge on any atom is 0.254 e. The number of hydrogen-bond acceptors (Lipinski definition) is 5. The van der Waals surface area contributed by atoms with Gasteiger partial charge in [-0.25, -0.2) is 0 Å². The van der Waals surface area contributed by atoms with E-state index in [2.05, 4.69) is 17.5 Å². The number of nitrogens with two attached hydrogens (primary N) is 1. The molecule has 3 rings (SSSR count). The predicted molar refractivity (Wildman–Crippen MR) is 99.5 cm³/mol. The molecule has 1 aliphatic heterocycles. The number of amides is 1. The zero-order valence-electron chi connectivity index (χ0n) is 14.7. The molecule has 0 radical (unpaired) electrons. The largest absolute Gasteiger partial charge is 0.493 e. The third-order valence-electron chi connectivity index (χ3n) is 4.60. The van der Waals surface area contributed by atoms with Crippen LogP contribution in [0.25, 0.3) is 0 Å². The summed E-state index contributed by atoms with van der Waals surface area (Å²) in [5.41, 5.74) is 7.92. The Balaban J connectivity index is 1.56. The van der Waals surface area contributed by atoms with Crippen LogP contribution < -0.4 is 15.2 Å². The van der Waals surface area contributed by atoms with Crippen LogP contribution in [0.4, 0.5) is 0 Å². The third-order valence-corrected chi connectivity index (χ3v) is 5.54. The van der Waals surface area contributed by atoms with Crippen LogP contribution in [0, 0.1) is 0 Å². The van der Waals surface area contributed by atoms with Crippen molar-refractivity contribution in [2.75, 3.05) is 20.8 Å². The summed E-state index contributed by atoms with van der Waals surface area (Å²) in [7, 11) is 3.18. The first-order chi connectivity index (χ1) is 12.1. The van der Waals surface area contributed by atoms with Crippen molar-refractivity contribution in [3.8, 4) is 11.5 Å². The van der Waals surface area contributed by atoms with E-state index in [4.69, 9.17) is 15.2 Å². The lowest BCUT2D eigenvalue weighted by Crippen LogP contribution is -2.31. The summed E-state index contributed by atoms with van der Waals surface area (Å²) in [6, 6.07) is 7.96. The molecule has 1 unspecified atom stereocenters. The summed E-state index contributed by atoms with van der Waals surface area (Å²) in [6.07, 6.45) is 2.75. The molecule has 2 heterocycles. The molecular weight excluding hydrogens is 336 g/mol. The number of benzene rings is 1. The lowest BCUT2D eigenvalue weighted by atomic mass is 10.1. The molecular formula is C19H24N2O3S. The highest BCUT2D eigenvalue weighted by molar-refractivity contribution is 7.09. The molecule has 25 heavy (non-hydrogen) atoms. The van der Waals surface area contributed by atoms with Crippen LogP contribution in [-0.2, 0) is 13.0 Å². The van der Waals surface area contributed by atoms with Crippen molar-refractivity contribution in [2.45, 2.75) is 31.8 Å². The molecule has 1 aromatic heterocycles. The highest BCUT2D eigenvalue weighted by Crippen LogP contribution is 2.35. The summed E-state index contributed by atoms with van der Waals surface area (Å²) < 4.78 is 10.6. The topological polar surface area (TPSA) is 64.8 Å². The molecule has 0 saturated heterocycles. The molecule has 2 N–H and O–H groups in total. The van der Waals surface area contributed by atoms with E-state index in [-0.39, 0.29) is 11.9 Å². The molecule has 5 nitrogen and oxygen atoms in total. The fourth-order valence-electron chi connectivity index (χ4n) is 3.13. The van der Waals surface area contributed by atoms with E-state index < -0.39 is 0 Å². The van der Waals surface area contributed by atoms with Crippen molar-refractivity contribution >= 4 is 17.2 Å². The molecule has 1 aromatic carbocycles. The van der Waals surface area contributed by atoms with Crippen molar-refractivity contribution in [3.63, 3.8) is 0 Å². The molecule has 1 atom stereocenters. The van der Waals surface area contributed by atoms with Gasteiger partial charge in [-0.1, -0.05) is 6.07 Å². The fourth-order valence-corrected chi connectivity index (χ4v) is 3.85. The van der Waals surface area contributed by atoms with E-state index in [1.807, 2.05) is 11.0 Å². The first kappa shape index (κ1) is 17.8. The van der Waals surface area contributed by atoms with Gasteiger partial charge in [0.05, 0.1) is 14.2 Å². The molecule has 6 heteroatoms. The third kappa shape index (κ3) is 3.96. The Morgan fingerprint density at radius 2 is 2.00 bits per heavy atom. The Bertz CT molecular complexity index is 731. The first-order valence-corrected chi connectivity index (χ1v) is 9.32. The van der Waals surface area contributed by atoms with Crippen LogP contribution in [0.2, 0.25) is 0 Å². The van der Waals surface area contributed by atoms with Gasteiger partial charge < -0.3 is 20.1 Å². The number of fused-ring (bicyclic) bond motifs is 1. The molecule has 0 saturated carbocycles. The predicted octanol–water partition coefficient (Wildman–Crippen LogP) is 3.07. The van der Waals surface area contributed by atoms with Gasteiger partial charge in [0, 0.05) is 29.6 Å². The monoisotopic (exact) mass is 360 g/mol. The summed E-state index contributed by atoms with van der Waals surface area (Å²) in [4.78, 5) is 15.8. The normalized spacial score (nSPS) is 14.5. The van der Waals surface area contributed by atoms with Crippen LogP contribution >= 0.6 is 11.3 Å². The van der Waals surface area contributed by atoms with E-state index >= 15 is 0 Å². The minimum atomic E-state index is 0.0430. The number of aryl methyl sites for hydroxylation is 1. The zero-order chi connectivity index (χ0) is 17.8. The van der Waals surface area contributed by atoms with E-state index in [1.165, 1.54) is 4.88 Å². The van der Waals surface area contributed by atoms with Gasteiger partial charge in [0.2, 0.25) is 0 Å². The van der Waals surface area contributed by atoms with Gasteiger partial charge in [0.1, 0.15) is 0 Å². The summed E-state index contributed by atoms with van der Waals surface area (Å²) in [5.74, 6) is 1.29. The Morgan fingerprint density at radius 1 is 1.24 bits per heavy atom. The number of carbonyl (C=O) groups excluding carboxylic acids is 1. The second-order valence-electron chi connectivity index (χ2n) is 6.26. The smallest absolute Gasteiger partial charge is 0.254 e. The van der Waals surface area contributed by atoms with Gasteiger partial charge in [-0.15, -0.1) is 11.3 Å². The average Bonchev–Trinajstić information content (AvgIpc) is 3.25. The number of ether oxygens (including phenoxy) is 2. The van der Waals surface area contributed by atoms with E-state index in [1.54, 1.807) is 31.6 Å². The van der Waals surface area contributed by atoms with Gasteiger partial charge in [-0.2, -0.15) is 0 Å². The van der Waals surface area contributed by atoms with Crippen LogP contribution in [0.5, 0.6) is 11.5 Å². The Morgan fingerprint density at radius 3 is 2.68 bits per heavy atom. The molecule has 0 fully saturated rings. The van der Waals surface area contributed by atoms with Crippen LogP contribution in [0.1, 0.15) is 33.6 Å². The van der Waals surface area contributed by atoms with Crippen LogP contribution in [0.3, 0.4) is 0 Å². The van der Waals surface area contributed by atoms with Gasteiger partial charge in [-0.3, -0.25) is 4.79 Å². The lowest BCUT2D eigenvalue weighted by molar-refractivity contribution is 0.0773. The van der Waals surface area contributed by atoms with Crippen molar-refractivity contribution in [2.24, 2.45) is 5.73 Å². The number of nitrogens with zero attached hydrogens (tertiary/aromatic N) is 1. The fraction of sp³-hybridized carbons (Fsp3) is 0.421. The zero-order valence-corrected chi connectivity index (χ0v) is 15.5. The number of carbonyl (C=O) groups is 1. The Kier molecular flexibility index (Phi) is 5.60. The standard InChI is InChI=1S/C19H24N2O3S/c1-23-17-10-13-12-21(19(22)16(13)11-18(17)24-2)8-7-14(20)5-6-15-4-3-9-25-15/h3-4,9-11,14H,5-8,12,20H2,1-2H3. The average molecular weight is 360 g/mol. The summed E-state index contributed by atoms with van der Waals surface area (Å²) in [6.45, 7) is 1.27. The molecule has 1 amide bonds. The minimum Gasteiger partial charge on any atom is -0.493 e. The second kappa shape index (κ2) is 7.89. The Hall–Kier alpha value is -2.05. The van der Waals surface area contributed by atoms with Crippen LogP contribution in [0.15, 0.2) is 29.6 Å². The molecule has 0 spiro atoms. The van der Waals surface area contributed by atoms with Gasteiger partial charge in [0.15, 0.2) is 11.5 Å². The van der Waals surface area contributed by atoms with Crippen molar-refractivity contribution in [1.29, 1.82) is 0 Å². The molecule has 2 aromatic rings. The van der Waals surface area contributed by atoms with Crippen LogP contribution in [-0.4, -0.2) is 37.6 Å². The quantitative estimate of drug-likeness (QED) is 0.786. The minimum absolute atomic E-state index is 0.0430. The highest BCUT2D eigenvalue weighted by Gasteiger charge is 2.29. The SMILES string of the molecule is COc1cc2c(cc1OC)C(=O)N(CCC(N)CCc1cccs1)C2. The number of rotatable bonds is 8. The highest BCUT2D eigenvalue weighted by atomic mass is 32.1. The number of hydrogen-bond donors (Lipinski definition) is 1. The first-order valence-electron chi connectivity index (χ1n) is 8.44. The van der Waals surface area contributed by atoms with E-state index in [9.17, 15) is 4.79 Å². The molecule has 0 bridgehead atoms. The molecule has 1 aliphatic rings. The summed E-state index contributed by atoms with van der Waals surface area (Å²) >= 11 is 1.76. The van der Waals surface area contributed by atoms with Crippen molar-refractivity contribution < 1.29 is 14.3 Å². The Labute approximate surface area is 152 Å². The van der Waals surface area contributed by atoms with Gasteiger partial charge in [0.25, 0.3) is 5.91 Å².